The molecule has 10 heteroatoms. The quantitative estimate of drug-likeness (QED) is 0.730. The number of likely N-dealkylation sites (N-methyl/N-ethyl adjacent to an activating group) is 1. The van der Waals surface area contributed by atoms with Gasteiger partial charge in [0.15, 0.2) is 5.69 Å². The Kier molecular flexibility index (Phi) is 5.67. The van der Waals surface area contributed by atoms with Crippen LogP contribution in [0.1, 0.15) is 21.6 Å². The van der Waals surface area contributed by atoms with Crippen molar-refractivity contribution in [2.45, 2.75) is 13.8 Å². The molecule has 0 saturated carbocycles. The van der Waals surface area contributed by atoms with Crippen molar-refractivity contribution in [3.63, 3.8) is 0 Å². The van der Waals surface area contributed by atoms with Crippen LogP contribution >= 0.6 is 0 Å². The van der Waals surface area contributed by atoms with E-state index in [1.807, 2.05) is 32.8 Å². The summed E-state index contributed by atoms with van der Waals surface area (Å²) < 4.78 is 28.6. The molecule has 2 aromatic rings. The molecule has 0 saturated heterocycles. The van der Waals surface area contributed by atoms with Crippen molar-refractivity contribution in [3.8, 4) is 0 Å². The van der Waals surface area contributed by atoms with Gasteiger partial charge in [-0.05, 0) is 51.2 Å². The first-order chi connectivity index (χ1) is 12.0. The van der Waals surface area contributed by atoms with Crippen molar-refractivity contribution < 1.29 is 17.5 Å². The molecule has 2 rings (SSSR count). The number of nitrogens with one attached hydrogen (secondary N) is 1. The summed E-state index contributed by atoms with van der Waals surface area (Å²) in [5.74, 6) is -0.692. The predicted molar refractivity (Wildman–Crippen MR) is 97.8 cm³/mol. The van der Waals surface area contributed by atoms with Crippen molar-refractivity contribution in [3.05, 3.63) is 39.3 Å². The van der Waals surface area contributed by atoms with Crippen LogP contribution in [0.5, 0.6) is 0 Å². The molecule has 1 aromatic heterocycles. The summed E-state index contributed by atoms with van der Waals surface area (Å²) in [7, 11) is -0.297. The first kappa shape index (κ1) is 19.9. The highest BCUT2D eigenvalue weighted by molar-refractivity contribution is 7.86. The SMILES string of the molecule is Cc1cc2nc(C(=O)NCCN(C)C)c(=O)n(OS(C)(=O)=O)c2cc1C. The molecule has 0 spiro atoms. The summed E-state index contributed by atoms with van der Waals surface area (Å²) in [6.07, 6.45) is 0.823. The number of fused-ring (bicyclic) bond motifs is 1. The Morgan fingerprint density at radius 1 is 1.27 bits per heavy atom. The zero-order valence-corrected chi connectivity index (χ0v) is 16.2. The average molecular weight is 382 g/mol. The van der Waals surface area contributed by atoms with Crippen LogP contribution in [0.15, 0.2) is 16.9 Å². The van der Waals surface area contributed by atoms with E-state index in [0.717, 1.165) is 17.4 Å². The molecule has 0 aliphatic heterocycles. The molecule has 0 bridgehead atoms. The lowest BCUT2D eigenvalue weighted by Gasteiger charge is -2.13. The Labute approximate surface area is 151 Å². The maximum absolute atomic E-state index is 12.6. The molecule has 0 radical (unpaired) electrons. The van der Waals surface area contributed by atoms with Gasteiger partial charge in [-0.2, -0.15) is 8.42 Å². The van der Waals surface area contributed by atoms with Gasteiger partial charge in [-0.3, -0.25) is 13.9 Å². The number of hydrogen-bond acceptors (Lipinski definition) is 7. The van der Waals surface area contributed by atoms with E-state index in [1.54, 1.807) is 12.1 Å². The molecule has 0 aliphatic carbocycles. The van der Waals surface area contributed by atoms with E-state index in [-0.39, 0.29) is 11.0 Å². The van der Waals surface area contributed by atoms with Crippen LogP contribution in [0, 0.1) is 13.8 Å². The highest BCUT2D eigenvalue weighted by atomic mass is 32.2. The zero-order chi connectivity index (χ0) is 19.6. The molecule has 0 atom stereocenters. The highest BCUT2D eigenvalue weighted by Gasteiger charge is 2.21. The Morgan fingerprint density at radius 2 is 1.88 bits per heavy atom. The molecule has 0 unspecified atom stereocenters. The van der Waals surface area contributed by atoms with Gasteiger partial charge in [-0.25, -0.2) is 4.98 Å². The number of aryl methyl sites for hydroxylation is 2. The van der Waals surface area contributed by atoms with Gasteiger partial charge in [0.2, 0.25) is 0 Å². The van der Waals surface area contributed by atoms with Crippen LogP contribution in [0.4, 0.5) is 0 Å². The molecule has 1 aromatic carbocycles. The minimum absolute atomic E-state index is 0.174. The van der Waals surface area contributed by atoms with Gasteiger partial charge in [0.1, 0.15) is 5.52 Å². The number of nitrogens with zero attached hydrogens (tertiary/aromatic N) is 3. The molecule has 1 heterocycles. The summed E-state index contributed by atoms with van der Waals surface area (Å²) in [4.78, 5) is 31.0. The maximum atomic E-state index is 12.6. The number of carbonyl (C=O) groups is 1. The lowest BCUT2D eigenvalue weighted by atomic mass is 10.1. The molecule has 142 valence electrons. The van der Waals surface area contributed by atoms with Crippen LogP contribution in [-0.2, 0) is 10.1 Å². The van der Waals surface area contributed by atoms with Crippen molar-refractivity contribution in [2.24, 2.45) is 0 Å². The number of carbonyl (C=O) groups excluding carboxylic acids is 1. The van der Waals surface area contributed by atoms with Gasteiger partial charge >= 0.3 is 15.7 Å². The molecule has 9 nitrogen and oxygen atoms in total. The fraction of sp³-hybridized carbons (Fsp3) is 0.438. The second-order valence-electron chi connectivity index (χ2n) is 6.32. The van der Waals surface area contributed by atoms with E-state index in [9.17, 15) is 18.0 Å². The minimum atomic E-state index is -3.99. The lowest BCUT2D eigenvalue weighted by molar-refractivity contribution is 0.0941. The first-order valence-corrected chi connectivity index (χ1v) is 9.68. The maximum Gasteiger partial charge on any atom is 0.324 e. The molecule has 26 heavy (non-hydrogen) atoms. The van der Waals surface area contributed by atoms with E-state index in [4.69, 9.17) is 4.28 Å². The zero-order valence-electron chi connectivity index (χ0n) is 15.4. The Balaban J connectivity index is 2.61. The van der Waals surface area contributed by atoms with Gasteiger partial charge in [-0.1, -0.05) is 0 Å². The number of benzene rings is 1. The molecular formula is C16H22N4O5S. The number of amides is 1. The topological polar surface area (TPSA) is 111 Å². The summed E-state index contributed by atoms with van der Waals surface area (Å²) >= 11 is 0. The monoisotopic (exact) mass is 382 g/mol. The third-order valence-electron chi connectivity index (χ3n) is 3.70. The summed E-state index contributed by atoms with van der Waals surface area (Å²) in [5.41, 5.74) is 0.806. The normalized spacial score (nSPS) is 11.8. The van der Waals surface area contributed by atoms with Crippen LogP contribution in [0.3, 0.4) is 0 Å². The standard InChI is InChI=1S/C16H22N4O5S/c1-10-8-12-13(9-11(10)2)20(25-26(5,23)24)16(22)14(18-12)15(21)17-6-7-19(3)4/h8-9H,6-7H2,1-5H3,(H,17,21). The van der Waals surface area contributed by atoms with Crippen LogP contribution in [0.25, 0.3) is 11.0 Å². The molecular weight excluding hydrogens is 360 g/mol. The number of aromatic nitrogens is 2. The van der Waals surface area contributed by atoms with Gasteiger partial charge < -0.3 is 10.2 Å². The van der Waals surface area contributed by atoms with E-state index in [0.29, 0.717) is 17.8 Å². The summed E-state index contributed by atoms with van der Waals surface area (Å²) in [6.45, 7) is 4.54. The summed E-state index contributed by atoms with van der Waals surface area (Å²) in [5, 5.41) is 2.59. The molecule has 1 amide bonds. The van der Waals surface area contributed by atoms with Gasteiger partial charge in [0.25, 0.3) is 5.91 Å². The Morgan fingerprint density at radius 3 is 2.46 bits per heavy atom. The van der Waals surface area contributed by atoms with E-state index >= 15 is 0 Å². The third-order valence-corrected chi connectivity index (χ3v) is 4.12. The van der Waals surface area contributed by atoms with Crippen LogP contribution in [-0.4, -0.2) is 62.4 Å². The van der Waals surface area contributed by atoms with Crippen molar-refractivity contribution in [1.82, 2.24) is 19.9 Å². The molecule has 0 fully saturated rings. The van der Waals surface area contributed by atoms with E-state index < -0.39 is 27.3 Å². The van der Waals surface area contributed by atoms with Gasteiger partial charge in [0, 0.05) is 13.1 Å². The molecule has 0 aliphatic rings. The number of rotatable bonds is 6. The van der Waals surface area contributed by atoms with Crippen molar-refractivity contribution >= 4 is 27.1 Å². The van der Waals surface area contributed by atoms with Gasteiger partial charge in [0.05, 0.1) is 11.8 Å². The largest absolute Gasteiger partial charge is 0.349 e. The average Bonchev–Trinajstić information content (AvgIpc) is 2.50. The summed E-state index contributed by atoms with van der Waals surface area (Å²) in [6, 6.07) is 3.26. The van der Waals surface area contributed by atoms with Crippen LogP contribution < -0.4 is 15.2 Å². The fourth-order valence-electron chi connectivity index (χ4n) is 2.25. The second-order valence-corrected chi connectivity index (χ2v) is 7.88. The minimum Gasteiger partial charge on any atom is -0.349 e. The van der Waals surface area contributed by atoms with E-state index in [1.165, 1.54) is 0 Å². The van der Waals surface area contributed by atoms with E-state index in [2.05, 4.69) is 10.3 Å². The lowest BCUT2D eigenvalue weighted by Crippen LogP contribution is -2.40. The fourth-order valence-corrected chi connectivity index (χ4v) is 2.66. The smallest absolute Gasteiger partial charge is 0.324 e. The second kappa shape index (κ2) is 7.42. The van der Waals surface area contributed by atoms with Crippen molar-refractivity contribution in [2.75, 3.05) is 33.4 Å². The van der Waals surface area contributed by atoms with Crippen LogP contribution in [0.2, 0.25) is 0 Å². The Bertz CT molecular complexity index is 1010. The first-order valence-electron chi connectivity index (χ1n) is 7.86. The number of hydrogen-bond donors (Lipinski definition) is 1. The predicted octanol–water partition coefficient (Wildman–Crippen LogP) is -0.307. The Hall–Kier alpha value is -2.46. The van der Waals surface area contributed by atoms with Gasteiger partial charge in [-0.15, -0.1) is 4.73 Å². The highest BCUT2D eigenvalue weighted by Crippen LogP contribution is 2.16. The molecule has 1 N–H and O–H groups in total. The van der Waals surface area contributed by atoms with Crippen molar-refractivity contribution in [1.29, 1.82) is 0 Å². The third kappa shape index (κ3) is 4.58.